The van der Waals surface area contributed by atoms with Gasteiger partial charge in [-0.15, -0.1) is 0 Å². The van der Waals surface area contributed by atoms with Crippen molar-refractivity contribution in [1.29, 1.82) is 0 Å². The number of rotatable bonds is 4. The Hall–Kier alpha value is -1.70. The number of piperidine rings is 1. The molecule has 1 amide bonds. The maximum absolute atomic E-state index is 12.8. The van der Waals surface area contributed by atoms with Gasteiger partial charge in [0.2, 0.25) is 15.9 Å². The first-order chi connectivity index (χ1) is 12.4. The van der Waals surface area contributed by atoms with Crippen molar-refractivity contribution < 1.29 is 13.2 Å². The quantitative estimate of drug-likeness (QED) is 0.792. The van der Waals surface area contributed by atoms with Crippen LogP contribution in [0.2, 0.25) is 0 Å². The number of anilines is 1. The first-order valence-electron chi connectivity index (χ1n) is 8.49. The molecule has 0 spiro atoms. The zero-order valence-electron chi connectivity index (χ0n) is 14.5. The van der Waals surface area contributed by atoms with Gasteiger partial charge in [-0.2, -0.15) is 4.31 Å². The second kappa shape index (κ2) is 7.90. The van der Waals surface area contributed by atoms with Crippen molar-refractivity contribution in [3.8, 4) is 0 Å². The van der Waals surface area contributed by atoms with Crippen LogP contribution in [0.15, 0.2) is 57.9 Å². The van der Waals surface area contributed by atoms with E-state index in [0.29, 0.717) is 19.4 Å². The molecule has 1 aliphatic heterocycles. The number of aryl methyl sites for hydroxylation is 1. The summed E-state index contributed by atoms with van der Waals surface area (Å²) < 4.78 is 27.9. The van der Waals surface area contributed by atoms with E-state index in [4.69, 9.17) is 0 Å². The van der Waals surface area contributed by atoms with Crippen molar-refractivity contribution in [3.63, 3.8) is 0 Å². The van der Waals surface area contributed by atoms with Gasteiger partial charge in [-0.05, 0) is 61.7 Å². The summed E-state index contributed by atoms with van der Waals surface area (Å²) in [5.74, 6) is -0.485. The van der Waals surface area contributed by atoms with Gasteiger partial charge in [-0.3, -0.25) is 4.79 Å². The van der Waals surface area contributed by atoms with Gasteiger partial charge in [0.05, 0.1) is 10.8 Å². The molecule has 1 heterocycles. The highest BCUT2D eigenvalue weighted by molar-refractivity contribution is 9.10. The van der Waals surface area contributed by atoms with Crippen LogP contribution in [-0.2, 0) is 14.8 Å². The third kappa shape index (κ3) is 4.34. The van der Waals surface area contributed by atoms with Crippen LogP contribution in [0, 0.1) is 12.8 Å². The van der Waals surface area contributed by atoms with E-state index in [-0.39, 0.29) is 23.3 Å². The van der Waals surface area contributed by atoms with Gasteiger partial charge < -0.3 is 5.32 Å². The predicted octanol–water partition coefficient (Wildman–Crippen LogP) is 3.80. The number of hydrogen-bond acceptors (Lipinski definition) is 3. The molecule has 1 aliphatic rings. The van der Waals surface area contributed by atoms with Crippen molar-refractivity contribution in [1.82, 2.24) is 4.31 Å². The molecule has 1 saturated heterocycles. The summed E-state index contributed by atoms with van der Waals surface area (Å²) in [6.07, 6.45) is 1.35. The maximum Gasteiger partial charge on any atom is 0.243 e. The Morgan fingerprint density at radius 1 is 1.19 bits per heavy atom. The fourth-order valence-corrected chi connectivity index (χ4v) is 4.89. The number of amides is 1. The molecule has 0 radical (unpaired) electrons. The Bertz CT molecular complexity index is 897. The molecule has 1 atom stereocenters. The highest BCUT2D eigenvalue weighted by atomic mass is 79.9. The van der Waals surface area contributed by atoms with E-state index in [1.165, 1.54) is 4.31 Å². The SMILES string of the molecule is Cc1cccc(NC(=O)[C@@H]2CCCN(S(=O)(=O)c3ccc(Br)cc3)C2)c1. The number of nitrogens with one attached hydrogen (secondary N) is 1. The Morgan fingerprint density at radius 2 is 1.92 bits per heavy atom. The molecular weight excluding hydrogens is 416 g/mol. The van der Waals surface area contributed by atoms with Crippen LogP contribution >= 0.6 is 15.9 Å². The van der Waals surface area contributed by atoms with Crippen molar-refractivity contribution >= 4 is 37.5 Å². The van der Waals surface area contributed by atoms with E-state index in [1.807, 2.05) is 31.2 Å². The number of sulfonamides is 1. The summed E-state index contributed by atoms with van der Waals surface area (Å²) in [5.41, 5.74) is 1.80. The van der Waals surface area contributed by atoms with E-state index >= 15 is 0 Å². The van der Waals surface area contributed by atoms with Crippen LogP contribution in [0.4, 0.5) is 5.69 Å². The van der Waals surface area contributed by atoms with E-state index in [1.54, 1.807) is 24.3 Å². The molecule has 2 aromatic carbocycles. The molecule has 138 valence electrons. The molecule has 0 unspecified atom stereocenters. The van der Waals surface area contributed by atoms with Crippen molar-refractivity contribution in [2.75, 3.05) is 18.4 Å². The zero-order chi connectivity index (χ0) is 18.7. The first-order valence-corrected chi connectivity index (χ1v) is 10.7. The molecule has 0 aliphatic carbocycles. The Balaban J connectivity index is 1.72. The van der Waals surface area contributed by atoms with E-state index in [2.05, 4.69) is 21.2 Å². The zero-order valence-corrected chi connectivity index (χ0v) is 16.9. The minimum absolute atomic E-state index is 0.133. The van der Waals surface area contributed by atoms with Crippen LogP contribution < -0.4 is 5.32 Å². The summed E-state index contributed by atoms with van der Waals surface area (Å²) in [5, 5.41) is 2.91. The van der Waals surface area contributed by atoms with Crippen molar-refractivity contribution in [3.05, 3.63) is 58.6 Å². The third-order valence-corrected chi connectivity index (χ3v) is 6.90. The van der Waals surface area contributed by atoms with Crippen molar-refractivity contribution in [2.45, 2.75) is 24.7 Å². The standard InChI is InChI=1S/C19H21BrN2O3S/c1-14-4-2-6-17(12-14)21-19(23)15-5-3-11-22(13-15)26(24,25)18-9-7-16(20)8-10-18/h2,4,6-10,12,15H,3,5,11,13H2,1H3,(H,21,23)/t15-/m1/s1. The minimum atomic E-state index is -3.59. The highest BCUT2D eigenvalue weighted by Crippen LogP contribution is 2.25. The number of hydrogen-bond donors (Lipinski definition) is 1. The van der Waals surface area contributed by atoms with Gasteiger partial charge in [0, 0.05) is 23.2 Å². The van der Waals surface area contributed by atoms with Gasteiger partial charge in [0.1, 0.15) is 0 Å². The smallest absolute Gasteiger partial charge is 0.243 e. The summed E-state index contributed by atoms with van der Waals surface area (Å²) in [6.45, 7) is 2.60. The molecule has 5 nitrogen and oxygen atoms in total. The lowest BCUT2D eigenvalue weighted by Crippen LogP contribution is -2.43. The molecule has 0 bridgehead atoms. The number of nitrogens with zero attached hydrogens (tertiary/aromatic N) is 1. The van der Waals surface area contributed by atoms with Gasteiger partial charge in [-0.1, -0.05) is 28.1 Å². The van der Waals surface area contributed by atoms with Crippen LogP contribution in [0.1, 0.15) is 18.4 Å². The van der Waals surface area contributed by atoms with Gasteiger partial charge in [0.25, 0.3) is 0 Å². The van der Waals surface area contributed by atoms with Gasteiger partial charge >= 0.3 is 0 Å². The minimum Gasteiger partial charge on any atom is -0.326 e. The third-order valence-electron chi connectivity index (χ3n) is 4.49. The predicted molar refractivity (Wildman–Crippen MR) is 105 cm³/mol. The average Bonchev–Trinajstić information content (AvgIpc) is 2.62. The normalized spacial score (nSPS) is 18.5. The highest BCUT2D eigenvalue weighted by Gasteiger charge is 2.33. The molecule has 0 saturated carbocycles. The number of benzene rings is 2. The molecule has 1 N–H and O–H groups in total. The fraction of sp³-hybridized carbons (Fsp3) is 0.316. The lowest BCUT2D eigenvalue weighted by atomic mass is 9.98. The first kappa shape index (κ1) is 19.1. The Labute approximate surface area is 162 Å². The van der Waals surface area contributed by atoms with Crippen molar-refractivity contribution in [2.24, 2.45) is 5.92 Å². The lowest BCUT2D eigenvalue weighted by molar-refractivity contribution is -0.120. The van der Waals surface area contributed by atoms with Crippen LogP contribution in [0.3, 0.4) is 0 Å². The molecular formula is C19H21BrN2O3S. The van der Waals surface area contributed by atoms with Crippen LogP contribution in [-0.4, -0.2) is 31.7 Å². The summed E-state index contributed by atoms with van der Waals surface area (Å²) in [4.78, 5) is 12.8. The Morgan fingerprint density at radius 3 is 2.62 bits per heavy atom. The average molecular weight is 437 g/mol. The summed E-state index contributed by atoms with van der Waals surface area (Å²) >= 11 is 3.31. The molecule has 7 heteroatoms. The largest absolute Gasteiger partial charge is 0.326 e. The molecule has 0 aromatic heterocycles. The number of carbonyl (C=O) groups excluding carboxylic acids is 1. The van der Waals surface area contributed by atoms with E-state index in [0.717, 1.165) is 15.7 Å². The van der Waals surface area contributed by atoms with E-state index < -0.39 is 10.0 Å². The van der Waals surface area contributed by atoms with Crippen LogP contribution in [0.5, 0.6) is 0 Å². The molecule has 2 aromatic rings. The fourth-order valence-electron chi connectivity index (χ4n) is 3.10. The second-order valence-electron chi connectivity index (χ2n) is 6.51. The van der Waals surface area contributed by atoms with E-state index in [9.17, 15) is 13.2 Å². The van der Waals surface area contributed by atoms with Crippen LogP contribution in [0.25, 0.3) is 0 Å². The maximum atomic E-state index is 12.8. The van der Waals surface area contributed by atoms with Gasteiger partial charge in [-0.25, -0.2) is 8.42 Å². The number of carbonyl (C=O) groups is 1. The second-order valence-corrected chi connectivity index (χ2v) is 9.37. The summed E-state index contributed by atoms with van der Waals surface area (Å²) in [6, 6.07) is 14.2. The summed E-state index contributed by atoms with van der Waals surface area (Å²) in [7, 11) is -3.59. The monoisotopic (exact) mass is 436 g/mol. The topological polar surface area (TPSA) is 66.5 Å². The molecule has 3 rings (SSSR count). The Kier molecular flexibility index (Phi) is 5.79. The number of halogens is 1. The molecule has 26 heavy (non-hydrogen) atoms. The van der Waals surface area contributed by atoms with Gasteiger partial charge in [0.15, 0.2) is 0 Å². The molecule has 1 fully saturated rings. The lowest BCUT2D eigenvalue weighted by Gasteiger charge is -2.31.